The summed E-state index contributed by atoms with van der Waals surface area (Å²) in [5.41, 5.74) is 14.2. The summed E-state index contributed by atoms with van der Waals surface area (Å²) < 4.78 is 4.97. The van der Waals surface area contributed by atoms with E-state index in [9.17, 15) is 0 Å². The number of hydrogen-bond donors (Lipinski definition) is 0. The molecule has 0 fully saturated rings. The third-order valence-corrected chi connectivity index (χ3v) is 12.2. The second-order valence-corrected chi connectivity index (χ2v) is 15.9. The highest BCUT2D eigenvalue weighted by molar-refractivity contribution is 6.26. The highest BCUT2D eigenvalue weighted by Crippen LogP contribution is 2.46. The molecule has 1 aliphatic carbocycles. The Labute approximate surface area is 359 Å². The third kappa shape index (κ3) is 5.89. The Hall–Kier alpha value is -8.15. The third-order valence-electron chi connectivity index (χ3n) is 12.2. The van der Waals surface area contributed by atoms with Crippen molar-refractivity contribution in [1.29, 1.82) is 0 Å². The van der Waals surface area contributed by atoms with Crippen molar-refractivity contribution in [1.82, 2.24) is 24.1 Å². The van der Waals surface area contributed by atoms with Crippen LogP contribution in [0.25, 0.3) is 106 Å². The summed E-state index contributed by atoms with van der Waals surface area (Å²) in [6.07, 6.45) is 8.94. The summed E-state index contributed by atoms with van der Waals surface area (Å²) in [6.45, 7) is 0. The molecule has 0 saturated carbocycles. The van der Waals surface area contributed by atoms with Crippen LogP contribution in [0, 0.1) is 0 Å². The smallest absolute Gasteiger partial charge is 0.164 e. The van der Waals surface area contributed by atoms with Gasteiger partial charge in [0.2, 0.25) is 0 Å². The van der Waals surface area contributed by atoms with Crippen LogP contribution in [0.3, 0.4) is 0 Å². The average molecular weight is 794 g/mol. The Morgan fingerprint density at radius 1 is 0.387 bits per heavy atom. The zero-order valence-corrected chi connectivity index (χ0v) is 33.9. The van der Waals surface area contributed by atoms with Crippen LogP contribution in [0.2, 0.25) is 0 Å². The lowest BCUT2D eigenvalue weighted by atomic mass is 9.90. The summed E-state index contributed by atoms with van der Waals surface area (Å²) in [5, 5.41) is 4.89. The van der Waals surface area contributed by atoms with E-state index in [1.165, 1.54) is 38.2 Å². The molecule has 3 aromatic heterocycles. The van der Waals surface area contributed by atoms with Crippen LogP contribution in [0.5, 0.6) is 0 Å². The number of allylic oxidation sites excluding steroid dienone is 4. The van der Waals surface area contributed by atoms with Crippen LogP contribution < -0.4 is 0 Å². The van der Waals surface area contributed by atoms with Crippen molar-refractivity contribution in [3.8, 4) is 56.7 Å². The molecule has 3 heterocycles. The van der Waals surface area contributed by atoms with Crippen LogP contribution in [-0.2, 0) is 0 Å². The fourth-order valence-corrected chi connectivity index (χ4v) is 9.41. The Morgan fingerprint density at radius 2 is 0.919 bits per heavy atom. The SMILES string of the molecule is C1=CC(c2cc(-c3nc(-c4ccccc4)nc(-c4ccccc4)n3)cc(-c3ccccc3)c2-n2c3ccccc3c3c2ccc2c4ccccc4n(-c4ccccc4)c23)=CCC1. The maximum Gasteiger partial charge on any atom is 0.164 e. The van der Waals surface area contributed by atoms with Crippen LogP contribution >= 0.6 is 0 Å². The van der Waals surface area contributed by atoms with Crippen LogP contribution in [0.4, 0.5) is 0 Å². The first-order valence-electron chi connectivity index (χ1n) is 21.3. The van der Waals surface area contributed by atoms with E-state index in [1.807, 2.05) is 36.4 Å². The molecule has 1 aliphatic rings. The molecule has 62 heavy (non-hydrogen) atoms. The number of aromatic nitrogens is 5. The first kappa shape index (κ1) is 35.8. The van der Waals surface area contributed by atoms with Gasteiger partial charge in [0.05, 0.1) is 27.8 Å². The molecule has 0 aliphatic heterocycles. The van der Waals surface area contributed by atoms with Gasteiger partial charge in [-0.15, -0.1) is 0 Å². The van der Waals surface area contributed by atoms with E-state index in [4.69, 9.17) is 15.0 Å². The normalized spacial score (nSPS) is 12.7. The van der Waals surface area contributed by atoms with E-state index in [0.29, 0.717) is 17.5 Å². The Bertz CT molecular complexity index is 3490. The fraction of sp³-hybridized carbons (Fsp3) is 0.0351. The molecule has 0 amide bonds. The van der Waals surface area contributed by atoms with E-state index in [2.05, 4.69) is 185 Å². The quantitative estimate of drug-likeness (QED) is 0.161. The standard InChI is InChI=1S/C57H39N5/c1-6-20-38(21-7-1)47-36-42(57-59-55(40-24-10-3-11-25-40)58-56(60-57)41-26-12-4-13-27-41)37-48(39-22-8-2-9-23-39)53(47)62-50-33-19-17-31-46(50)52-51(62)35-34-45-44-30-16-18-32-49(44)61(54(45)52)43-28-14-5-15-29-43/h1,3-8,10-37H,2,9H2. The van der Waals surface area contributed by atoms with E-state index in [0.717, 1.165) is 68.6 Å². The number of fused-ring (bicyclic) bond motifs is 7. The van der Waals surface area contributed by atoms with Gasteiger partial charge in [-0.05, 0) is 66.4 Å². The monoisotopic (exact) mass is 793 g/mol. The molecule has 0 atom stereocenters. The topological polar surface area (TPSA) is 48.5 Å². The van der Waals surface area contributed by atoms with Gasteiger partial charge < -0.3 is 9.13 Å². The molecule has 0 unspecified atom stereocenters. The zero-order valence-electron chi connectivity index (χ0n) is 33.9. The lowest BCUT2D eigenvalue weighted by molar-refractivity contribution is 1.04. The second-order valence-electron chi connectivity index (χ2n) is 15.9. The Morgan fingerprint density at radius 3 is 1.55 bits per heavy atom. The van der Waals surface area contributed by atoms with Gasteiger partial charge in [-0.2, -0.15) is 0 Å². The molecule has 292 valence electrons. The van der Waals surface area contributed by atoms with Crippen molar-refractivity contribution >= 4 is 49.2 Å². The number of benzene rings is 8. The van der Waals surface area contributed by atoms with Crippen molar-refractivity contribution in [2.75, 3.05) is 0 Å². The molecule has 5 nitrogen and oxygen atoms in total. The van der Waals surface area contributed by atoms with Gasteiger partial charge in [-0.1, -0.05) is 170 Å². The summed E-state index contributed by atoms with van der Waals surface area (Å²) >= 11 is 0. The summed E-state index contributed by atoms with van der Waals surface area (Å²) in [4.78, 5) is 15.5. The summed E-state index contributed by atoms with van der Waals surface area (Å²) in [5.74, 6) is 1.90. The van der Waals surface area contributed by atoms with Gasteiger partial charge in [0.15, 0.2) is 17.5 Å². The molecule has 11 aromatic rings. The summed E-state index contributed by atoms with van der Waals surface area (Å²) in [7, 11) is 0. The molecule has 0 spiro atoms. The molecule has 5 heteroatoms. The van der Waals surface area contributed by atoms with Crippen LogP contribution in [-0.4, -0.2) is 24.1 Å². The van der Waals surface area contributed by atoms with E-state index < -0.39 is 0 Å². The number of hydrogen-bond acceptors (Lipinski definition) is 3. The van der Waals surface area contributed by atoms with Gasteiger partial charge in [-0.3, -0.25) is 0 Å². The molecule has 0 saturated heterocycles. The minimum Gasteiger partial charge on any atom is -0.309 e. The summed E-state index contributed by atoms with van der Waals surface area (Å²) in [6, 6.07) is 68.9. The van der Waals surface area contributed by atoms with Crippen molar-refractivity contribution in [3.05, 3.63) is 218 Å². The number of rotatable bonds is 7. The average Bonchev–Trinajstić information content (AvgIpc) is 3.87. The van der Waals surface area contributed by atoms with E-state index in [1.54, 1.807) is 0 Å². The largest absolute Gasteiger partial charge is 0.309 e. The molecular formula is C57H39N5. The van der Waals surface area contributed by atoms with Gasteiger partial charge in [0, 0.05) is 55.0 Å². The van der Waals surface area contributed by atoms with Crippen LogP contribution in [0.1, 0.15) is 18.4 Å². The number of para-hydroxylation sites is 3. The van der Waals surface area contributed by atoms with Crippen LogP contribution in [0.15, 0.2) is 212 Å². The van der Waals surface area contributed by atoms with Gasteiger partial charge in [0.1, 0.15) is 0 Å². The minimum absolute atomic E-state index is 0.624. The van der Waals surface area contributed by atoms with Crippen molar-refractivity contribution < 1.29 is 0 Å². The molecule has 0 N–H and O–H groups in total. The first-order valence-corrected chi connectivity index (χ1v) is 21.3. The fourth-order valence-electron chi connectivity index (χ4n) is 9.41. The molecule has 8 aromatic carbocycles. The van der Waals surface area contributed by atoms with Crippen molar-refractivity contribution in [2.24, 2.45) is 0 Å². The Kier molecular flexibility index (Phi) is 8.56. The van der Waals surface area contributed by atoms with E-state index in [-0.39, 0.29) is 0 Å². The highest BCUT2D eigenvalue weighted by atomic mass is 15.0. The predicted molar refractivity (Wildman–Crippen MR) is 257 cm³/mol. The second kappa shape index (κ2) is 14.8. The van der Waals surface area contributed by atoms with E-state index >= 15 is 0 Å². The zero-order chi connectivity index (χ0) is 41.0. The lowest BCUT2D eigenvalue weighted by Crippen LogP contribution is -2.05. The predicted octanol–water partition coefficient (Wildman–Crippen LogP) is 14.5. The molecular weight excluding hydrogens is 755 g/mol. The lowest BCUT2D eigenvalue weighted by Gasteiger charge is -2.22. The van der Waals surface area contributed by atoms with Crippen molar-refractivity contribution in [3.63, 3.8) is 0 Å². The Balaban J connectivity index is 1.21. The van der Waals surface area contributed by atoms with Gasteiger partial charge in [-0.25, -0.2) is 15.0 Å². The van der Waals surface area contributed by atoms with Gasteiger partial charge in [0.25, 0.3) is 0 Å². The molecule has 12 rings (SSSR count). The van der Waals surface area contributed by atoms with Gasteiger partial charge >= 0.3 is 0 Å². The molecule has 0 bridgehead atoms. The first-order chi connectivity index (χ1) is 30.8. The van der Waals surface area contributed by atoms with Crippen molar-refractivity contribution in [2.45, 2.75) is 12.8 Å². The minimum atomic E-state index is 0.624. The maximum absolute atomic E-state index is 5.24. The molecule has 0 radical (unpaired) electrons. The highest BCUT2D eigenvalue weighted by Gasteiger charge is 2.26. The maximum atomic E-state index is 5.24. The number of nitrogens with zero attached hydrogens (tertiary/aromatic N) is 5.